The molecule has 3 aromatic rings. The van der Waals surface area contributed by atoms with Crippen LogP contribution in [0.25, 0.3) is 5.95 Å². The SMILES string of the molecule is Cc1nn(-c2ncc(NC(=O)c3ccccc3I)cn2)c(C)c1C. The number of hydrogen-bond donors (Lipinski definition) is 1. The Bertz CT molecular complexity index is 902. The first-order valence-corrected chi connectivity index (χ1v) is 8.46. The largest absolute Gasteiger partial charge is 0.319 e. The van der Waals surface area contributed by atoms with Gasteiger partial charge in [-0.1, -0.05) is 12.1 Å². The predicted molar refractivity (Wildman–Crippen MR) is 100 cm³/mol. The first-order valence-electron chi connectivity index (χ1n) is 7.38. The van der Waals surface area contributed by atoms with E-state index in [-0.39, 0.29) is 5.91 Å². The molecular weight excluding hydrogens is 417 g/mol. The molecule has 24 heavy (non-hydrogen) atoms. The molecule has 3 rings (SSSR count). The van der Waals surface area contributed by atoms with Crippen LogP contribution in [0.5, 0.6) is 0 Å². The quantitative estimate of drug-likeness (QED) is 0.643. The van der Waals surface area contributed by atoms with Crippen molar-refractivity contribution in [3.8, 4) is 5.95 Å². The second-order valence-corrected chi connectivity index (χ2v) is 6.58. The van der Waals surface area contributed by atoms with Gasteiger partial charge in [0, 0.05) is 9.26 Å². The van der Waals surface area contributed by atoms with Crippen LogP contribution in [-0.4, -0.2) is 25.7 Å². The van der Waals surface area contributed by atoms with Gasteiger partial charge in [0.2, 0.25) is 0 Å². The molecule has 1 amide bonds. The molecule has 2 aromatic heterocycles. The monoisotopic (exact) mass is 433 g/mol. The molecule has 7 heteroatoms. The summed E-state index contributed by atoms with van der Waals surface area (Å²) in [5.74, 6) is 0.300. The molecule has 0 aliphatic rings. The Balaban J connectivity index is 1.81. The van der Waals surface area contributed by atoms with Crippen LogP contribution in [0.1, 0.15) is 27.3 Å². The standard InChI is InChI=1S/C17H16IN5O/c1-10-11(2)22-23(12(10)3)17-19-8-13(9-20-17)21-16(24)14-6-4-5-7-15(14)18/h4-9H,1-3H3,(H,21,24). The van der Waals surface area contributed by atoms with E-state index in [0.29, 0.717) is 17.2 Å². The second-order valence-electron chi connectivity index (χ2n) is 5.41. The maximum atomic E-state index is 12.3. The minimum atomic E-state index is -0.182. The lowest BCUT2D eigenvalue weighted by molar-refractivity contribution is 0.102. The van der Waals surface area contributed by atoms with E-state index in [9.17, 15) is 4.79 Å². The Morgan fingerprint density at radius 3 is 2.38 bits per heavy atom. The van der Waals surface area contributed by atoms with Crippen LogP contribution in [0.2, 0.25) is 0 Å². The van der Waals surface area contributed by atoms with Crippen molar-refractivity contribution in [1.29, 1.82) is 0 Å². The number of benzene rings is 1. The highest BCUT2D eigenvalue weighted by Gasteiger charge is 2.12. The van der Waals surface area contributed by atoms with Gasteiger partial charge in [0.1, 0.15) is 0 Å². The minimum absolute atomic E-state index is 0.182. The summed E-state index contributed by atoms with van der Waals surface area (Å²) < 4.78 is 2.60. The van der Waals surface area contributed by atoms with E-state index >= 15 is 0 Å². The maximum absolute atomic E-state index is 12.3. The van der Waals surface area contributed by atoms with Gasteiger partial charge in [0.15, 0.2) is 0 Å². The van der Waals surface area contributed by atoms with E-state index in [1.807, 2.05) is 39.0 Å². The maximum Gasteiger partial charge on any atom is 0.256 e. The van der Waals surface area contributed by atoms with Crippen molar-refractivity contribution in [3.05, 3.63) is 62.7 Å². The van der Waals surface area contributed by atoms with Crippen molar-refractivity contribution in [1.82, 2.24) is 19.7 Å². The third-order valence-corrected chi connectivity index (χ3v) is 4.80. The molecule has 0 saturated carbocycles. The van der Waals surface area contributed by atoms with Gasteiger partial charge in [0.05, 0.1) is 29.3 Å². The van der Waals surface area contributed by atoms with Gasteiger partial charge in [0.25, 0.3) is 11.9 Å². The lowest BCUT2D eigenvalue weighted by atomic mass is 10.2. The lowest BCUT2D eigenvalue weighted by Gasteiger charge is -2.07. The van der Waals surface area contributed by atoms with Crippen molar-refractivity contribution in [3.63, 3.8) is 0 Å². The van der Waals surface area contributed by atoms with Crippen molar-refractivity contribution in [2.45, 2.75) is 20.8 Å². The van der Waals surface area contributed by atoms with Crippen LogP contribution < -0.4 is 5.32 Å². The topological polar surface area (TPSA) is 72.7 Å². The van der Waals surface area contributed by atoms with Crippen LogP contribution >= 0.6 is 22.6 Å². The molecule has 0 bridgehead atoms. The normalized spacial score (nSPS) is 10.7. The van der Waals surface area contributed by atoms with E-state index in [0.717, 1.165) is 20.5 Å². The zero-order valence-corrected chi connectivity index (χ0v) is 15.7. The van der Waals surface area contributed by atoms with Crippen molar-refractivity contribution < 1.29 is 4.79 Å². The Hall–Kier alpha value is -2.29. The highest BCUT2D eigenvalue weighted by molar-refractivity contribution is 14.1. The highest BCUT2D eigenvalue weighted by Crippen LogP contribution is 2.16. The number of hydrogen-bond acceptors (Lipinski definition) is 4. The van der Waals surface area contributed by atoms with Gasteiger partial charge in [-0.2, -0.15) is 5.10 Å². The summed E-state index contributed by atoms with van der Waals surface area (Å²) in [5, 5.41) is 7.24. The average Bonchev–Trinajstić information content (AvgIpc) is 2.83. The number of carbonyl (C=O) groups is 1. The van der Waals surface area contributed by atoms with E-state index in [4.69, 9.17) is 0 Å². The number of nitrogens with one attached hydrogen (secondary N) is 1. The molecular formula is C17H16IN5O. The van der Waals surface area contributed by atoms with Crippen LogP contribution in [0, 0.1) is 24.3 Å². The van der Waals surface area contributed by atoms with Gasteiger partial charge in [-0.25, -0.2) is 14.6 Å². The zero-order valence-electron chi connectivity index (χ0n) is 13.5. The minimum Gasteiger partial charge on any atom is -0.319 e. The number of halogens is 1. The molecule has 0 saturated heterocycles. The number of rotatable bonds is 3. The molecule has 0 radical (unpaired) electrons. The Morgan fingerprint density at radius 1 is 1.12 bits per heavy atom. The number of amides is 1. The molecule has 122 valence electrons. The fourth-order valence-corrected chi connectivity index (χ4v) is 2.89. The third-order valence-electron chi connectivity index (χ3n) is 3.86. The third kappa shape index (κ3) is 3.16. The molecule has 2 heterocycles. The Labute approximate surface area is 153 Å². The summed E-state index contributed by atoms with van der Waals surface area (Å²) in [5.41, 5.74) is 4.24. The van der Waals surface area contributed by atoms with Crippen LogP contribution in [0.3, 0.4) is 0 Å². The van der Waals surface area contributed by atoms with E-state index in [1.54, 1.807) is 23.1 Å². The number of carbonyl (C=O) groups excluding carboxylic acids is 1. The fraction of sp³-hybridized carbons (Fsp3) is 0.176. The van der Waals surface area contributed by atoms with Crippen molar-refractivity contribution >= 4 is 34.2 Å². The van der Waals surface area contributed by atoms with Gasteiger partial charge in [-0.05, 0) is 61.1 Å². The van der Waals surface area contributed by atoms with Crippen LogP contribution in [-0.2, 0) is 0 Å². The van der Waals surface area contributed by atoms with Crippen molar-refractivity contribution in [2.75, 3.05) is 5.32 Å². The van der Waals surface area contributed by atoms with E-state index < -0.39 is 0 Å². The van der Waals surface area contributed by atoms with Crippen molar-refractivity contribution in [2.24, 2.45) is 0 Å². The summed E-state index contributed by atoms with van der Waals surface area (Å²) in [6, 6.07) is 7.40. The fourth-order valence-electron chi connectivity index (χ4n) is 2.25. The Kier molecular flexibility index (Phi) is 4.61. The molecule has 1 aromatic carbocycles. The predicted octanol–water partition coefficient (Wildman–Crippen LogP) is 3.44. The Morgan fingerprint density at radius 2 is 1.79 bits per heavy atom. The molecule has 0 aliphatic heterocycles. The molecule has 1 N–H and O–H groups in total. The zero-order chi connectivity index (χ0) is 17.3. The first-order chi connectivity index (χ1) is 11.5. The number of anilines is 1. The average molecular weight is 433 g/mol. The molecule has 0 aliphatic carbocycles. The molecule has 0 atom stereocenters. The van der Waals surface area contributed by atoms with E-state index in [2.05, 4.69) is 43.0 Å². The lowest BCUT2D eigenvalue weighted by Crippen LogP contribution is -2.14. The van der Waals surface area contributed by atoms with Crippen LogP contribution in [0.15, 0.2) is 36.7 Å². The first kappa shape index (κ1) is 16.6. The molecule has 0 unspecified atom stereocenters. The highest BCUT2D eigenvalue weighted by atomic mass is 127. The summed E-state index contributed by atoms with van der Waals surface area (Å²) in [7, 11) is 0. The number of aromatic nitrogens is 4. The smallest absolute Gasteiger partial charge is 0.256 e. The van der Waals surface area contributed by atoms with Gasteiger partial charge in [-0.3, -0.25) is 4.79 Å². The molecule has 0 spiro atoms. The summed E-state index contributed by atoms with van der Waals surface area (Å²) in [6.07, 6.45) is 3.17. The summed E-state index contributed by atoms with van der Waals surface area (Å²) in [4.78, 5) is 20.9. The number of aryl methyl sites for hydroxylation is 1. The molecule has 0 fully saturated rings. The van der Waals surface area contributed by atoms with Crippen LogP contribution in [0.4, 0.5) is 5.69 Å². The second kappa shape index (κ2) is 6.68. The summed E-state index contributed by atoms with van der Waals surface area (Å²) >= 11 is 2.14. The van der Waals surface area contributed by atoms with E-state index in [1.165, 1.54) is 0 Å². The molecule has 6 nitrogen and oxygen atoms in total. The number of nitrogens with zero attached hydrogens (tertiary/aromatic N) is 4. The summed E-state index contributed by atoms with van der Waals surface area (Å²) in [6.45, 7) is 5.95. The van der Waals surface area contributed by atoms with Gasteiger partial charge < -0.3 is 5.32 Å². The van der Waals surface area contributed by atoms with Gasteiger partial charge >= 0.3 is 0 Å². The van der Waals surface area contributed by atoms with Gasteiger partial charge in [-0.15, -0.1) is 0 Å².